The van der Waals surface area contributed by atoms with Crippen molar-refractivity contribution >= 4 is 12.2 Å². The number of aliphatic hydroxyl groups excluding tert-OH is 1. The average Bonchev–Trinajstić information content (AvgIpc) is 2.69. The number of benzene rings is 3. The van der Waals surface area contributed by atoms with Crippen LogP contribution in [0.4, 0.5) is 0 Å². The van der Waals surface area contributed by atoms with Gasteiger partial charge in [-0.05, 0) is 41.5 Å². The average molecular weight is 424 g/mol. The van der Waals surface area contributed by atoms with Gasteiger partial charge in [0, 0.05) is 24.1 Å². The Morgan fingerprint density at radius 2 is 1.45 bits per heavy atom. The van der Waals surface area contributed by atoms with Crippen LogP contribution in [-0.2, 0) is 6.42 Å². The van der Waals surface area contributed by atoms with Crippen molar-refractivity contribution in [3.05, 3.63) is 64.7 Å². The number of fused-ring (bicyclic) bond motifs is 1. The fourth-order valence-corrected chi connectivity index (χ4v) is 3.61. The van der Waals surface area contributed by atoms with Crippen molar-refractivity contribution in [1.82, 2.24) is 0 Å². The largest absolute Gasteiger partial charge is 0.508 e. The summed E-state index contributed by atoms with van der Waals surface area (Å²) in [5.74, 6) is -1.34. The van der Waals surface area contributed by atoms with Crippen LogP contribution < -0.4 is 4.74 Å². The second-order valence-electron chi connectivity index (χ2n) is 7.31. The molecule has 1 aliphatic heterocycles. The van der Waals surface area contributed by atoms with E-state index < -0.39 is 12.2 Å². The zero-order valence-electron chi connectivity index (χ0n) is 16.1. The predicted molar refractivity (Wildman–Crippen MR) is 111 cm³/mol. The molecule has 0 aromatic heterocycles. The molecule has 160 valence electrons. The van der Waals surface area contributed by atoms with Gasteiger partial charge in [0.15, 0.2) is 11.5 Å². The van der Waals surface area contributed by atoms with Crippen molar-refractivity contribution in [3.8, 4) is 40.2 Å². The molecule has 8 heteroatoms. The van der Waals surface area contributed by atoms with E-state index in [2.05, 4.69) is 0 Å². The minimum atomic E-state index is -1.06. The van der Waals surface area contributed by atoms with Gasteiger partial charge in [-0.2, -0.15) is 0 Å². The standard InChI is InChI=1S/C23H20O8/c24-13-5-11(6-14(25)8-13)1-3-15-18(27)10-19(28)16-9-21(30)22(31-23(15)16)12-2-4-17(26)20(29)7-12/h1-8,10,21-22,24-30H,9H2/b3-1+. The normalized spacial score (nSPS) is 18.0. The van der Waals surface area contributed by atoms with Crippen molar-refractivity contribution in [2.45, 2.75) is 18.6 Å². The molecule has 7 N–H and O–H groups in total. The minimum Gasteiger partial charge on any atom is -0.508 e. The van der Waals surface area contributed by atoms with E-state index in [4.69, 9.17) is 4.74 Å². The quantitative estimate of drug-likeness (QED) is 0.250. The highest BCUT2D eigenvalue weighted by Gasteiger charge is 2.34. The predicted octanol–water partition coefficient (Wildman–Crippen LogP) is 3.13. The maximum Gasteiger partial charge on any atom is 0.157 e. The lowest BCUT2D eigenvalue weighted by molar-refractivity contribution is 0.0195. The third-order valence-corrected chi connectivity index (χ3v) is 5.08. The third-order valence-electron chi connectivity index (χ3n) is 5.08. The van der Waals surface area contributed by atoms with Gasteiger partial charge in [-0.1, -0.05) is 12.1 Å². The van der Waals surface area contributed by atoms with Gasteiger partial charge in [-0.3, -0.25) is 0 Å². The summed E-state index contributed by atoms with van der Waals surface area (Å²) in [6.45, 7) is 0. The Kier molecular flexibility index (Phi) is 5.00. The molecule has 0 aliphatic carbocycles. The Labute approximate surface area is 176 Å². The molecular formula is C23H20O8. The summed E-state index contributed by atoms with van der Waals surface area (Å²) in [5, 5.41) is 69.8. The molecule has 0 amide bonds. The molecule has 3 aromatic rings. The van der Waals surface area contributed by atoms with E-state index >= 15 is 0 Å². The van der Waals surface area contributed by atoms with Crippen LogP contribution in [0.2, 0.25) is 0 Å². The molecule has 8 nitrogen and oxygen atoms in total. The lowest BCUT2D eigenvalue weighted by Crippen LogP contribution is -2.30. The lowest BCUT2D eigenvalue weighted by atomic mass is 9.91. The highest BCUT2D eigenvalue weighted by atomic mass is 16.5. The summed E-state index contributed by atoms with van der Waals surface area (Å²) in [6, 6.07) is 9.16. The first-order chi connectivity index (χ1) is 14.7. The zero-order chi connectivity index (χ0) is 22.3. The number of hydrogen-bond acceptors (Lipinski definition) is 8. The van der Waals surface area contributed by atoms with Crippen molar-refractivity contribution in [2.24, 2.45) is 0 Å². The first-order valence-corrected chi connectivity index (χ1v) is 9.38. The van der Waals surface area contributed by atoms with Crippen LogP contribution in [0.5, 0.6) is 40.2 Å². The SMILES string of the molecule is Oc1cc(O)cc(/C=C/c2c(O)cc(O)c3c2OC(c2ccc(O)c(O)c2)C(O)C3)c1. The van der Waals surface area contributed by atoms with Crippen LogP contribution in [0.3, 0.4) is 0 Å². The Hall–Kier alpha value is -4.04. The van der Waals surface area contributed by atoms with Crippen LogP contribution in [0.25, 0.3) is 12.2 Å². The number of aromatic hydroxyl groups is 6. The van der Waals surface area contributed by atoms with Crippen LogP contribution in [0, 0.1) is 0 Å². The van der Waals surface area contributed by atoms with Crippen molar-refractivity contribution in [1.29, 1.82) is 0 Å². The molecule has 4 rings (SSSR count). The van der Waals surface area contributed by atoms with Gasteiger partial charge in [0.1, 0.15) is 34.9 Å². The molecule has 0 fully saturated rings. The lowest BCUT2D eigenvalue weighted by Gasteiger charge is -2.32. The summed E-state index contributed by atoms with van der Waals surface area (Å²) in [6.07, 6.45) is 1.04. The van der Waals surface area contributed by atoms with Crippen molar-refractivity contribution in [2.75, 3.05) is 0 Å². The van der Waals surface area contributed by atoms with E-state index in [9.17, 15) is 35.7 Å². The highest BCUT2D eigenvalue weighted by Crippen LogP contribution is 2.46. The van der Waals surface area contributed by atoms with E-state index in [0.29, 0.717) is 16.7 Å². The van der Waals surface area contributed by atoms with Crippen LogP contribution >= 0.6 is 0 Å². The van der Waals surface area contributed by atoms with Gasteiger partial charge < -0.3 is 40.5 Å². The molecule has 0 bridgehead atoms. The van der Waals surface area contributed by atoms with Crippen LogP contribution in [0.1, 0.15) is 28.4 Å². The van der Waals surface area contributed by atoms with Gasteiger partial charge >= 0.3 is 0 Å². The molecule has 3 aromatic carbocycles. The van der Waals surface area contributed by atoms with E-state index in [0.717, 1.165) is 6.07 Å². The van der Waals surface area contributed by atoms with Crippen LogP contribution in [-0.4, -0.2) is 41.8 Å². The number of rotatable bonds is 3. The van der Waals surface area contributed by atoms with E-state index in [1.807, 2.05) is 0 Å². The fourth-order valence-electron chi connectivity index (χ4n) is 3.61. The summed E-state index contributed by atoms with van der Waals surface area (Å²) in [5.41, 5.74) is 1.36. The maximum atomic E-state index is 10.6. The number of ether oxygens (including phenoxy) is 1. The van der Waals surface area contributed by atoms with E-state index in [1.54, 1.807) is 0 Å². The fraction of sp³-hybridized carbons (Fsp3) is 0.130. The summed E-state index contributed by atoms with van der Waals surface area (Å²) in [7, 11) is 0. The molecule has 0 saturated heterocycles. The highest BCUT2D eigenvalue weighted by molar-refractivity contribution is 5.79. The Bertz CT molecular complexity index is 1160. The third kappa shape index (κ3) is 3.88. The molecule has 0 saturated carbocycles. The Morgan fingerprint density at radius 3 is 2.13 bits per heavy atom. The van der Waals surface area contributed by atoms with Gasteiger partial charge in [-0.25, -0.2) is 0 Å². The smallest absolute Gasteiger partial charge is 0.157 e. The van der Waals surface area contributed by atoms with E-state index in [1.165, 1.54) is 48.6 Å². The molecular weight excluding hydrogens is 404 g/mol. The second-order valence-corrected chi connectivity index (χ2v) is 7.31. The molecule has 1 heterocycles. The molecule has 2 unspecified atom stereocenters. The number of phenolic OH excluding ortho intramolecular Hbond substituents is 6. The number of hydrogen-bond donors (Lipinski definition) is 7. The van der Waals surface area contributed by atoms with Gasteiger partial charge in [0.05, 0.1) is 11.7 Å². The first-order valence-electron chi connectivity index (χ1n) is 9.38. The maximum absolute atomic E-state index is 10.6. The number of phenols is 6. The van der Waals surface area contributed by atoms with Gasteiger partial charge in [0.2, 0.25) is 0 Å². The second kappa shape index (κ2) is 7.66. The van der Waals surface area contributed by atoms with Gasteiger partial charge in [0.25, 0.3) is 0 Å². The molecule has 0 spiro atoms. The Balaban J connectivity index is 1.77. The van der Waals surface area contributed by atoms with Crippen molar-refractivity contribution in [3.63, 3.8) is 0 Å². The van der Waals surface area contributed by atoms with Crippen LogP contribution in [0.15, 0.2) is 42.5 Å². The molecule has 0 radical (unpaired) electrons. The monoisotopic (exact) mass is 424 g/mol. The molecule has 1 aliphatic rings. The van der Waals surface area contributed by atoms with Gasteiger partial charge in [-0.15, -0.1) is 0 Å². The number of aliphatic hydroxyl groups is 1. The topological polar surface area (TPSA) is 151 Å². The molecule has 2 atom stereocenters. The molecule has 31 heavy (non-hydrogen) atoms. The summed E-state index contributed by atoms with van der Waals surface area (Å²) in [4.78, 5) is 0. The zero-order valence-corrected chi connectivity index (χ0v) is 16.1. The summed E-state index contributed by atoms with van der Waals surface area (Å²) >= 11 is 0. The van der Waals surface area contributed by atoms with E-state index in [-0.39, 0.29) is 52.2 Å². The first kappa shape index (κ1) is 20.2. The van der Waals surface area contributed by atoms with Crippen molar-refractivity contribution < 1.29 is 40.5 Å². The minimum absolute atomic E-state index is 0.0154. The summed E-state index contributed by atoms with van der Waals surface area (Å²) < 4.78 is 5.94. The Morgan fingerprint density at radius 1 is 0.742 bits per heavy atom.